The van der Waals surface area contributed by atoms with Crippen LogP contribution in [0.4, 0.5) is 13.2 Å². The first-order valence-corrected chi connectivity index (χ1v) is 10.0. The smallest absolute Gasteiger partial charge is 0.346 e. The Morgan fingerprint density at radius 1 is 1.29 bits per heavy atom. The van der Waals surface area contributed by atoms with E-state index in [1.165, 1.54) is 0 Å². The molecule has 0 spiro atoms. The zero-order valence-corrected chi connectivity index (χ0v) is 16.2. The van der Waals surface area contributed by atoms with Gasteiger partial charge in [-0.15, -0.1) is 0 Å². The molecule has 0 bridgehead atoms. The fraction of sp³-hybridized carbons (Fsp3) is 0.412. The summed E-state index contributed by atoms with van der Waals surface area (Å²) in [4.78, 5) is 3.41. The number of fused-ring (bicyclic) bond motifs is 1. The van der Waals surface area contributed by atoms with Crippen molar-refractivity contribution >= 4 is 20.9 Å². The maximum absolute atomic E-state index is 12.7. The number of halogens is 3. The van der Waals surface area contributed by atoms with Gasteiger partial charge >= 0.3 is 12.1 Å². The number of aromatic nitrogens is 3. The molecular formula is C17H19F3N4O3S. The zero-order valence-electron chi connectivity index (χ0n) is 15.4. The van der Waals surface area contributed by atoms with E-state index in [-0.39, 0.29) is 12.4 Å². The van der Waals surface area contributed by atoms with Crippen molar-refractivity contribution < 1.29 is 26.1 Å². The van der Waals surface area contributed by atoms with E-state index < -0.39 is 27.3 Å². The number of sulfonamides is 1. The lowest BCUT2D eigenvalue weighted by Crippen LogP contribution is -2.33. The van der Waals surface area contributed by atoms with Crippen LogP contribution in [0.25, 0.3) is 22.3 Å². The van der Waals surface area contributed by atoms with E-state index in [0.29, 0.717) is 12.1 Å². The Hall–Kier alpha value is -2.40. The van der Waals surface area contributed by atoms with Gasteiger partial charge in [0, 0.05) is 35.8 Å². The zero-order chi connectivity index (χ0) is 20.7. The number of aryl methyl sites for hydroxylation is 1. The van der Waals surface area contributed by atoms with Crippen molar-refractivity contribution in [1.82, 2.24) is 19.4 Å². The van der Waals surface area contributed by atoms with Gasteiger partial charge in [-0.2, -0.15) is 18.2 Å². The molecule has 0 aliphatic heterocycles. The summed E-state index contributed by atoms with van der Waals surface area (Å²) < 4.78 is 70.4. The molecule has 0 saturated carbocycles. The van der Waals surface area contributed by atoms with E-state index in [4.69, 9.17) is 0 Å². The van der Waals surface area contributed by atoms with Crippen molar-refractivity contribution in [2.45, 2.75) is 38.7 Å². The van der Waals surface area contributed by atoms with E-state index in [1.54, 1.807) is 32.0 Å². The Labute approximate surface area is 159 Å². The minimum absolute atomic E-state index is 0.167. The molecule has 28 heavy (non-hydrogen) atoms. The Morgan fingerprint density at radius 3 is 2.61 bits per heavy atom. The summed E-state index contributed by atoms with van der Waals surface area (Å²) >= 11 is 0. The maximum Gasteiger partial charge on any atom is 0.471 e. The summed E-state index contributed by atoms with van der Waals surface area (Å²) in [5, 5.41) is 3.76. The van der Waals surface area contributed by atoms with Crippen LogP contribution >= 0.6 is 0 Å². The van der Waals surface area contributed by atoms with Crippen molar-refractivity contribution in [2.75, 3.05) is 6.54 Å². The van der Waals surface area contributed by atoms with Crippen molar-refractivity contribution in [3.63, 3.8) is 0 Å². The highest BCUT2D eigenvalue weighted by molar-refractivity contribution is 7.90. The van der Waals surface area contributed by atoms with Gasteiger partial charge in [0.05, 0.1) is 5.25 Å². The van der Waals surface area contributed by atoms with E-state index in [9.17, 15) is 21.6 Å². The summed E-state index contributed by atoms with van der Waals surface area (Å²) in [5.74, 6) is -1.57. The van der Waals surface area contributed by atoms with Crippen LogP contribution in [0.15, 0.2) is 28.9 Å². The third-order valence-corrected chi connectivity index (χ3v) is 6.13. The Kier molecular flexibility index (Phi) is 5.24. The van der Waals surface area contributed by atoms with Gasteiger partial charge in [0.25, 0.3) is 0 Å². The first-order chi connectivity index (χ1) is 13.0. The summed E-state index contributed by atoms with van der Waals surface area (Å²) in [7, 11) is -3.38. The van der Waals surface area contributed by atoms with Crippen LogP contribution in [0.2, 0.25) is 0 Å². The van der Waals surface area contributed by atoms with Gasteiger partial charge in [0.1, 0.15) is 0 Å². The fourth-order valence-corrected chi connectivity index (χ4v) is 3.44. The van der Waals surface area contributed by atoms with Gasteiger partial charge in [-0.05, 0) is 32.4 Å². The summed E-state index contributed by atoms with van der Waals surface area (Å²) in [6, 6.07) is 5.04. The molecule has 0 atom stereocenters. The second kappa shape index (κ2) is 7.21. The summed E-state index contributed by atoms with van der Waals surface area (Å²) in [5.41, 5.74) is 2.06. The molecule has 0 radical (unpaired) electrons. The lowest BCUT2D eigenvalue weighted by Gasteiger charge is -2.10. The molecule has 0 aliphatic carbocycles. The second-order valence-corrected chi connectivity index (χ2v) is 8.97. The first kappa shape index (κ1) is 20.3. The highest BCUT2D eigenvalue weighted by Gasteiger charge is 2.38. The van der Waals surface area contributed by atoms with Crippen LogP contribution in [-0.2, 0) is 22.7 Å². The van der Waals surface area contributed by atoms with Gasteiger partial charge < -0.3 is 9.09 Å². The van der Waals surface area contributed by atoms with Crippen molar-refractivity contribution in [3.8, 4) is 11.4 Å². The van der Waals surface area contributed by atoms with Gasteiger partial charge in [-0.3, -0.25) is 0 Å². The molecule has 0 amide bonds. The van der Waals surface area contributed by atoms with Crippen molar-refractivity contribution in [2.24, 2.45) is 0 Å². The molecule has 11 heteroatoms. The van der Waals surface area contributed by atoms with Gasteiger partial charge in [0.2, 0.25) is 15.8 Å². The van der Waals surface area contributed by atoms with Crippen LogP contribution in [0.5, 0.6) is 0 Å². The molecule has 1 N–H and O–H groups in total. The quantitative estimate of drug-likeness (QED) is 0.666. The molecule has 0 fully saturated rings. The monoisotopic (exact) mass is 416 g/mol. The number of nitrogens with one attached hydrogen (secondary N) is 1. The van der Waals surface area contributed by atoms with Gasteiger partial charge in [-0.1, -0.05) is 17.3 Å². The number of nitrogens with zero attached hydrogens (tertiary/aromatic N) is 3. The first-order valence-electron chi connectivity index (χ1n) is 8.48. The molecule has 2 heterocycles. The third kappa shape index (κ3) is 4.04. The van der Waals surface area contributed by atoms with E-state index in [0.717, 1.165) is 16.5 Å². The summed E-state index contributed by atoms with van der Waals surface area (Å²) in [6.07, 6.45) is -2.85. The normalized spacial score (nSPS) is 13.0. The standard InChI is InChI=1S/C17H19F3N4O3S/c1-10(2)28(25,26)21-6-7-24-9-11(3)13-5-4-12(8-14(13)24)15-22-16(27-23-15)17(18,19)20/h4-5,8-10,21H,6-7H2,1-3H3. The van der Waals surface area contributed by atoms with E-state index in [1.807, 2.05) is 17.7 Å². The van der Waals surface area contributed by atoms with Crippen LogP contribution < -0.4 is 4.72 Å². The van der Waals surface area contributed by atoms with E-state index >= 15 is 0 Å². The van der Waals surface area contributed by atoms with Crippen molar-refractivity contribution in [3.05, 3.63) is 35.9 Å². The predicted molar refractivity (Wildman–Crippen MR) is 97.0 cm³/mol. The lowest BCUT2D eigenvalue weighted by atomic mass is 10.1. The van der Waals surface area contributed by atoms with Crippen LogP contribution in [-0.4, -0.2) is 34.9 Å². The van der Waals surface area contributed by atoms with Gasteiger partial charge in [0.15, 0.2) is 0 Å². The number of rotatable bonds is 6. The van der Waals surface area contributed by atoms with E-state index in [2.05, 4.69) is 19.4 Å². The average Bonchev–Trinajstić information content (AvgIpc) is 3.20. The van der Waals surface area contributed by atoms with Crippen molar-refractivity contribution in [1.29, 1.82) is 0 Å². The fourth-order valence-electron chi connectivity index (χ4n) is 2.73. The van der Waals surface area contributed by atoms with Gasteiger partial charge in [-0.25, -0.2) is 13.1 Å². The molecule has 0 unspecified atom stereocenters. The molecular weight excluding hydrogens is 397 g/mol. The Balaban J connectivity index is 1.89. The number of benzene rings is 1. The average molecular weight is 416 g/mol. The SMILES string of the molecule is Cc1cn(CCNS(=O)(=O)C(C)C)c2cc(-c3noc(C(F)(F)F)n3)ccc12. The molecule has 0 saturated heterocycles. The highest BCUT2D eigenvalue weighted by atomic mass is 32.2. The summed E-state index contributed by atoms with van der Waals surface area (Å²) in [6.45, 7) is 5.62. The van der Waals surface area contributed by atoms with Crippen LogP contribution in [0.3, 0.4) is 0 Å². The molecule has 152 valence electrons. The minimum Gasteiger partial charge on any atom is -0.346 e. The molecule has 1 aromatic carbocycles. The third-order valence-electron chi connectivity index (χ3n) is 4.28. The number of hydrogen-bond donors (Lipinski definition) is 1. The molecule has 2 aromatic heterocycles. The largest absolute Gasteiger partial charge is 0.471 e. The molecule has 0 aliphatic rings. The minimum atomic E-state index is -4.71. The molecule has 3 aromatic rings. The van der Waals surface area contributed by atoms with Crippen LogP contribution in [0.1, 0.15) is 25.3 Å². The molecule has 3 rings (SSSR count). The molecule has 7 nitrogen and oxygen atoms in total. The predicted octanol–water partition coefficient (Wildman–Crippen LogP) is 3.35. The highest BCUT2D eigenvalue weighted by Crippen LogP contribution is 2.31. The Morgan fingerprint density at radius 2 is 2.00 bits per heavy atom. The lowest BCUT2D eigenvalue weighted by molar-refractivity contribution is -0.159. The Bertz CT molecular complexity index is 1100. The topological polar surface area (TPSA) is 90.0 Å². The number of hydrogen-bond acceptors (Lipinski definition) is 5. The number of alkyl halides is 3. The van der Waals surface area contributed by atoms with Crippen LogP contribution in [0, 0.1) is 6.92 Å². The maximum atomic E-state index is 12.7. The second-order valence-electron chi connectivity index (χ2n) is 6.65.